The van der Waals surface area contributed by atoms with E-state index in [-0.39, 0.29) is 29.3 Å². The van der Waals surface area contributed by atoms with Crippen molar-refractivity contribution in [2.75, 3.05) is 6.79 Å². The van der Waals surface area contributed by atoms with Gasteiger partial charge in [0, 0.05) is 11.1 Å². The minimum absolute atomic E-state index is 0.00166. The Kier molecular flexibility index (Phi) is 3.73. The monoisotopic (exact) mass is 402 g/mol. The van der Waals surface area contributed by atoms with Crippen molar-refractivity contribution in [3.63, 3.8) is 0 Å². The molecule has 0 saturated heterocycles. The first-order valence-electron chi connectivity index (χ1n) is 8.44. The zero-order chi connectivity index (χ0) is 20.2. The predicted octanol–water partition coefficient (Wildman–Crippen LogP) is 5.44. The molecule has 1 aliphatic heterocycles. The van der Waals surface area contributed by atoms with Crippen molar-refractivity contribution in [1.82, 2.24) is 10.1 Å². The predicted molar refractivity (Wildman–Crippen MR) is 93.8 cm³/mol. The van der Waals surface area contributed by atoms with Gasteiger partial charge in [-0.1, -0.05) is 5.16 Å². The molecule has 2 aromatic heterocycles. The van der Waals surface area contributed by atoms with Crippen LogP contribution in [-0.4, -0.2) is 16.9 Å². The molecule has 2 aromatic carbocycles. The summed E-state index contributed by atoms with van der Waals surface area (Å²) < 4.78 is 70.4. The SMILES string of the molecule is Fc1ccc(-c2cc(C(F)(F)F)c3c(-c4ccc5c(c4)OCO5)noc3n2)cc1. The summed E-state index contributed by atoms with van der Waals surface area (Å²) in [5.41, 5.74) is -0.542. The molecule has 0 unspecified atom stereocenters. The van der Waals surface area contributed by atoms with Crippen molar-refractivity contribution >= 4 is 11.1 Å². The highest BCUT2D eigenvalue weighted by atomic mass is 19.4. The lowest BCUT2D eigenvalue weighted by Gasteiger charge is -2.11. The molecule has 4 aromatic rings. The lowest BCUT2D eigenvalue weighted by atomic mass is 10.0. The van der Waals surface area contributed by atoms with E-state index in [0.717, 1.165) is 18.2 Å². The van der Waals surface area contributed by atoms with Crippen LogP contribution in [0.1, 0.15) is 5.56 Å². The Morgan fingerprint density at radius 3 is 2.34 bits per heavy atom. The topological polar surface area (TPSA) is 57.4 Å². The highest BCUT2D eigenvalue weighted by Gasteiger charge is 2.36. The van der Waals surface area contributed by atoms with Crippen LogP contribution in [0, 0.1) is 5.82 Å². The maximum atomic E-state index is 13.9. The fourth-order valence-electron chi connectivity index (χ4n) is 3.18. The fourth-order valence-corrected chi connectivity index (χ4v) is 3.18. The summed E-state index contributed by atoms with van der Waals surface area (Å²) in [6.07, 6.45) is -4.69. The zero-order valence-corrected chi connectivity index (χ0v) is 14.5. The van der Waals surface area contributed by atoms with Crippen molar-refractivity contribution in [2.24, 2.45) is 0 Å². The van der Waals surface area contributed by atoms with Gasteiger partial charge >= 0.3 is 6.18 Å². The van der Waals surface area contributed by atoms with Crippen LogP contribution < -0.4 is 9.47 Å². The van der Waals surface area contributed by atoms with Gasteiger partial charge in [-0.05, 0) is 48.5 Å². The molecule has 3 heterocycles. The van der Waals surface area contributed by atoms with Crippen LogP contribution in [0.3, 0.4) is 0 Å². The maximum absolute atomic E-state index is 13.9. The summed E-state index contributed by atoms with van der Waals surface area (Å²) in [5.74, 6) is 0.396. The van der Waals surface area contributed by atoms with Crippen molar-refractivity contribution in [2.45, 2.75) is 6.18 Å². The first-order chi connectivity index (χ1) is 13.9. The number of nitrogens with zero attached hydrogens (tertiary/aromatic N) is 2. The number of pyridine rings is 1. The molecule has 1 aliphatic rings. The Bertz CT molecular complexity index is 1230. The quantitative estimate of drug-likeness (QED) is 0.418. The summed E-state index contributed by atoms with van der Waals surface area (Å²) in [4.78, 5) is 4.16. The van der Waals surface area contributed by atoms with Gasteiger partial charge in [-0.2, -0.15) is 13.2 Å². The molecule has 0 N–H and O–H groups in total. The van der Waals surface area contributed by atoms with Gasteiger partial charge in [-0.15, -0.1) is 0 Å². The van der Waals surface area contributed by atoms with Gasteiger partial charge in [0.2, 0.25) is 6.79 Å². The summed E-state index contributed by atoms with van der Waals surface area (Å²) >= 11 is 0. The van der Waals surface area contributed by atoms with Gasteiger partial charge < -0.3 is 14.0 Å². The Hall–Kier alpha value is -3.62. The van der Waals surface area contributed by atoms with E-state index in [1.807, 2.05) is 0 Å². The standard InChI is InChI=1S/C20H10F4N2O3/c21-12-4-1-10(2-5-12)14-8-13(20(22,23)24)17-18(26-29-19(17)25-14)11-3-6-15-16(7-11)28-9-27-15/h1-8H,9H2. The number of ether oxygens (including phenoxy) is 2. The molecule has 29 heavy (non-hydrogen) atoms. The Labute approximate surface area is 160 Å². The van der Waals surface area contributed by atoms with E-state index in [4.69, 9.17) is 14.0 Å². The molecule has 5 nitrogen and oxygen atoms in total. The normalized spacial score (nSPS) is 13.2. The van der Waals surface area contributed by atoms with Gasteiger partial charge in [0.25, 0.3) is 5.71 Å². The van der Waals surface area contributed by atoms with Crippen molar-refractivity contribution in [3.05, 3.63) is 59.9 Å². The molecule has 9 heteroatoms. The fraction of sp³-hybridized carbons (Fsp3) is 0.100. The number of hydrogen-bond donors (Lipinski definition) is 0. The average molecular weight is 402 g/mol. The third kappa shape index (κ3) is 2.95. The molecule has 5 rings (SSSR count). The van der Waals surface area contributed by atoms with Gasteiger partial charge in [0.05, 0.1) is 16.6 Å². The van der Waals surface area contributed by atoms with Crippen molar-refractivity contribution < 1.29 is 31.6 Å². The van der Waals surface area contributed by atoms with E-state index in [1.54, 1.807) is 12.1 Å². The van der Waals surface area contributed by atoms with E-state index in [0.29, 0.717) is 22.6 Å². The molecule has 0 amide bonds. The molecular formula is C20H10F4N2O3. The minimum Gasteiger partial charge on any atom is -0.454 e. The molecule has 0 spiro atoms. The average Bonchev–Trinajstić information content (AvgIpc) is 3.33. The van der Waals surface area contributed by atoms with Crippen LogP contribution in [-0.2, 0) is 6.18 Å². The number of rotatable bonds is 2. The number of aromatic nitrogens is 2. The smallest absolute Gasteiger partial charge is 0.417 e. The van der Waals surface area contributed by atoms with Crippen LogP contribution in [0.15, 0.2) is 53.1 Å². The molecular weight excluding hydrogens is 392 g/mol. The molecule has 0 aliphatic carbocycles. The van der Waals surface area contributed by atoms with Crippen LogP contribution in [0.2, 0.25) is 0 Å². The van der Waals surface area contributed by atoms with E-state index in [2.05, 4.69) is 10.1 Å². The van der Waals surface area contributed by atoms with Gasteiger partial charge in [-0.3, -0.25) is 0 Å². The molecule has 0 bridgehead atoms. The van der Waals surface area contributed by atoms with Crippen molar-refractivity contribution in [3.8, 4) is 34.0 Å². The third-order valence-corrected chi connectivity index (χ3v) is 4.54. The van der Waals surface area contributed by atoms with Gasteiger partial charge in [0.1, 0.15) is 11.5 Å². The number of hydrogen-bond acceptors (Lipinski definition) is 5. The largest absolute Gasteiger partial charge is 0.454 e. The van der Waals surface area contributed by atoms with E-state index in [1.165, 1.54) is 18.2 Å². The lowest BCUT2D eigenvalue weighted by molar-refractivity contribution is -0.136. The second-order valence-electron chi connectivity index (χ2n) is 6.34. The first-order valence-corrected chi connectivity index (χ1v) is 8.44. The lowest BCUT2D eigenvalue weighted by Crippen LogP contribution is -2.07. The van der Waals surface area contributed by atoms with E-state index >= 15 is 0 Å². The molecule has 146 valence electrons. The summed E-state index contributed by atoms with van der Waals surface area (Å²) in [6, 6.07) is 10.6. The maximum Gasteiger partial charge on any atom is 0.417 e. The number of halogens is 4. The van der Waals surface area contributed by atoms with Gasteiger partial charge in [0.15, 0.2) is 11.5 Å². The highest BCUT2D eigenvalue weighted by Crippen LogP contribution is 2.43. The highest BCUT2D eigenvalue weighted by molar-refractivity contribution is 5.94. The second kappa shape index (κ2) is 6.20. The summed E-state index contributed by atoms with van der Waals surface area (Å²) in [7, 11) is 0. The number of alkyl halides is 3. The number of fused-ring (bicyclic) bond motifs is 2. The third-order valence-electron chi connectivity index (χ3n) is 4.54. The van der Waals surface area contributed by atoms with E-state index in [9.17, 15) is 17.6 Å². The van der Waals surface area contributed by atoms with E-state index < -0.39 is 17.6 Å². The molecule has 0 saturated carbocycles. The summed E-state index contributed by atoms with van der Waals surface area (Å²) in [6.45, 7) is 0.0364. The molecule has 0 atom stereocenters. The minimum atomic E-state index is -4.69. The molecule has 0 radical (unpaired) electrons. The van der Waals surface area contributed by atoms with Gasteiger partial charge in [-0.25, -0.2) is 9.37 Å². The Morgan fingerprint density at radius 2 is 1.59 bits per heavy atom. The Morgan fingerprint density at radius 1 is 0.862 bits per heavy atom. The van der Waals surface area contributed by atoms with Crippen LogP contribution in [0.5, 0.6) is 11.5 Å². The Balaban J connectivity index is 1.73. The first kappa shape index (κ1) is 17.5. The van der Waals surface area contributed by atoms with Crippen LogP contribution >= 0.6 is 0 Å². The number of benzene rings is 2. The second-order valence-corrected chi connectivity index (χ2v) is 6.34. The summed E-state index contributed by atoms with van der Waals surface area (Å²) in [5, 5.41) is 3.56. The zero-order valence-electron chi connectivity index (χ0n) is 14.5. The van der Waals surface area contributed by atoms with Crippen molar-refractivity contribution in [1.29, 1.82) is 0 Å². The van der Waals surface area contributed by atoms with Crippen LogP contribution in [0.25, 0.3) is 33.6 Å². The molecule has 0 fully saturated rings. The van der Waals surface area contributed by atoms with Crippen LogP contribution in [0.4, 0.5) is 17.6 Å².